The molecule has 0 radical (unpaired) electrons. The third-order valence-corrected chi connectivity index (χ3v) is 9.62. The number of fused-ring (bicyclic) bond motifs is 4. The highest BCUT2D eigenvalue weighted by atomic mass is 79.9. The van der Waals surface area contributed by atoms with Crippen molar-refractivity contribution in [1.29, 1.82) is 0 Å². The van der Waals surface area contributed by atoms with Gasteiger partial charge in [0.15, 0.2) is 12.1 Å². The molecule has 3 fully saturated rings. The van der Waals surface area contributed by atoms with E-state index in [0.29, 0.717) is 23.5 Å². The summed E-state index contributed by atoms with van der Waals surface area (Å²) in [4.78, 5) is 27.2. The summed E-state index contributed by atoms with van der Waals surface area (Å²) in [7, 11) is 0. The van der Waals surface area contributed by atoms with Crippen molar-refractivity contribution in [3.8, 4) is 0 Å². The van der Waals surface area contributed by atoms with E-state index in [-0.39, 0.29) is 34.8 Å². The highest BCUT2D eigenvalue weighted by Crippen LogP contribution is 2.38. The Hall–Kier alpha value is -3.00. The zero-order chi connectivity index (χ0) is 26.8. The first kappa shape index (κ1) is 28.5. The number of nitrogens with one attached hydrogen (secondary N) is 1. The smallest absolute Gasteiger partial charge is 0.333 e. The summed E-state index contributed by atoms with van der Waals surface area (Å²) in [6.45, 7) is 5.24. The van der Waals surface area contributed by atoms with E-state index < -0.39 is 6.04 Å². The number of carbonyl (C=O) groups excluding carboxylic acids is 2. The van der Waals surface area contributed by atoms with Crippen molar-refractivity contribution in [1.82, 2.24) is 0 Å². The van der Waals surface area contributed by atoms with Crippen LogP contribution in [0.25, 0.3) is 10.1 Å². The number of anilines is 1. The normalized spacial score (nSPS) is 22.3. The Kier molecular flexibility index (Phi) is 8.74. The molecule has 1 aromatic heterocycles. The number of ether oxygens (including phenoxy) is 1. The molecular formula is C33H35BrN2O3S. The van der Waals surface area contributed by atoms with Crippen LogP contribution in [0.5, 0.6) is 0 Å². The molecule has 0 aliphatic carbocycles. The predicted octanol–water partition coefficient (Wildman–Crippen LogP) is 3.66. The number of hydrogen-bond acceptors (Lipinski definition) is 5. The molecule has 0 saturated carbocycles. The van der Waals surface area contributed by atoms with E-state index >= 15 is 0 Å². The van der Waals surface area contributed by atoms with E-state index in [1.54, 1.807) is 11.3 Å². The van der Waals surface area contributed by atoms with Crippen LogP contribution in [0.3, 0.4) is 0 Å². The van der Waals surface area contributed by atoms with Crippen LogP contribution in [-0.2, 0) is 16.0 Å². The van der Waals surface area contributed by atoms with Gasteiger partial charge in [-0.15, -0.1) is 11.3 Å². The minimum absolute atomic E-state index is 0. The Labute approximate surface area is 250 Å². The lowest BCUT2D eigenvalue weighted by Gasteiger charge is -2.51. The summed E-state index contributed by atoms with van der Waals surface area (Å²) in [6.07, 6.45) is 2.66. The molecule has 3 aromatic carbocycles. The van der Waals surface area contributed by atoms with Crippen LogP contribution >= 0.6 is 11.3 Å². The maximum atomic E-state index is 14.0. The SMILES string of the molecule is CCc1ccccc1NC(C(=O)O[C@H]1C[N+]2(CC(=O)c3ccccc3)CCC1CC2)c1csc2ccccc12.[Br-]. The van der Waals surface area contributed by atoms with Gasteiger partial charge >= 0.3 is 5.97 Å². The first-order valence-corrected chi connectivity index (χ1v) is 14.9. The number of piperidine rings is 3. The number of hydrogen-bond donors (Lipinski definition) is 1. The molecule has 0 spiro atoms. The highest BCUT2D eigenvalue weighted by Gasteiger charge is 2.49. The molecular weight excluding hydrogens is 584 g/mol. The fourth-order valence-corrected chi connectivity index (χ4v) is 7.41. The molecule has 5 nitrogen and oxygen atoms in total. The third-order valence-electron chi connectivity index (χ3n) is 8.64. The summed E-state index contributed by atoms with van der Waals surface area (Å²) in [5.41, 5.74) is 3.84. The van der Waals surface area contributed by atoms with E-state index in [9.17, 15) is 9.59 Å². The van der Waals surface area contributed by atoms with Crippen LogP contribution in [0, 0.1) is 5.92 Å². The Balaban J connectivity index is 0.00000323. The van der Waals surface area contributed by atoms with E-state index in [0.717, 1.165) is 59.3 Å². The molecule has 7 rings (SSSR count). The van der Waals surface area contributed by atoms with Crippen molar-refractivity contribution in [2.24, 2.45) is 5.92 Å². The van der Waals surface area contributed by atoms with Crippen LogP contribution in [0.2, 0.25) is 0 Å². The lowest BCUT2D eigenvalue weighted by molar-refractivity contribution is -0.938. The Morgan fingerprint density at radius 2 is 1.68 bits per heavy atom. The number of aryl methyl sites for hydroxylation is 1. The zero-order valence-electron chi connectivity index (χ0n) is 22.7. The fraction of sp³-hybridized carbons (Fsp3) is 0.333. The summed E-state index contributed by atoms with van der Waals surface area (Å²) < 4.78 is 8.26. The molecule has 3 saturated heterocycles. The fourth-order valence-electron chi connectivity index (χ4n) is 6.42. The van der Waals surface area contributed by atoms with Crippen molar-refractivity contribution in [2.75, 3.05) is 31.5 Å². The van der Waals surface area contributed by atoms with Gasteiger partial charge in [0.1, 0.15) is 13.1 Å². The van der Waals surface area contributed by atoms with Crippen LogP contribution in [-0.4, -0.2) is 48.5 Å². The number of thiophene rings is 1. The second-order valence-electron chi connectivity index (χ2n) is 11.0. The molecule has 3 aliphatic heterocycles. The molecule has 2 bridgehead atoms. The van der Waals surface area contributed by atoms with E-state index in [1.165, 1.54) is 5.56 Å². The maximum Gasteiger partial charge on any atom is 0.333 e. The molecule has 1 unspecified atom stereocenters. The monoisotopic (exact) mass is 618 g/mol. The number of nitrogens with zero attached hydrogens (tertiary/aromatic N) is 1. The lowest BCUT2D eigenvalue weighted by atomic mass is 9.82. The molecule has 3 aliphatic rings. The van der Waals surface area contributed by atoms with E-state index in [4.69, 9.17) is 4.74 Å². The first-order chi connectivity index (χ1) is 19.0. The maximum absolute atomic E-state index is 14.0. The van der Waals surface area contributed by atoms with E-state index in [1.807, 2.05) is 60.7 Å². The van der Waals surface area contributed by atoms with Gasteiger partial charge in [0.25, 0.3) is 0 Å². The van der Waals surface area contributed by atoms with Gasteiger partial charge in [-0.25, -0.2) is 4.79 Å². The number of ketones is 1. The van der Waals surface area contributed by atoms with Crippen LogP contribution < -0.4 is 22.3 Å². The Bertz CT molecular complexity index is 1480. The Morgan fingerprint density at radius 1 is 0.975 bits per heavy atom. The van der Waals surface area contributed by atoms with Gasteiger partial charge in [-0.1, -0.05) is 73.7 Å². The number of rotatable bonds is 9. The molecule has 4 aromatic rings. The molecule has 208 valence electrons. The molecule has 1 N–H and O–H groups in total. The van der Waals surface area contributed by atoms with Gasteiger partial charge in [0, 0.05) is 40.3 Å². The summed E-state index contributed by atoms with van der Waals surface area (Å²) >= 11 is 1.65. The highest BCUT2D eigenvalue weighted by molar-refractivity contribution is 7.17. The predicted molar refractivity (Wildman–Crippen MR) is 157 cm³/mol. The van der Waals surface area contributed by atoms with E-state index in [2.05, 4.69) is 35.8 Å². The molecule has 7 heteroatoms. The number of esters is 1. The third kappa shape index (κ3) is 5.73. The average molecular weight is 620 g/mol. The average Bonchev–Trinajstić information content (AvgIpc) is 3.41. The van der Waals surface area contributed by atoms with Crippen molar-refractivity contribution < 1.29 is 35.8 Å². The van der Waals surface area contributed by atoms with Crippen LogP contribution in [0.1, 0.15) is 47.3 Å². The number of para-hydroxylation sites is 1. The number of Topliss-reactive ketones (excluding diaryl/α,β-unsaturated/α-hetero) is 1. The number of carbonyl (C=O) groups is 2. The van der Waals surface area contributed by atoms with Crippen LogP contribution in [0.15, 0.2) is 84.2 Å². The summed E-state index contributed by atoms with van der Waals surface area (Å²) in [6, 6.07) is 25.3. The van der Waals surface area contributed by atoms with Crippen molar-refractivity contribution in [3.05, 3.63) is 101 Å². The molecule has 40 heavy (non-hydrogen) atoms. The number of benzene rings is 3. The minimum Gasteiger partial charge on any atom is -1.00 e. The van der Waals surface area contributed by atoms with Gasteiger partial charge < -0.3 is 31.5 Å². The van der Waals surface area contributed by atoms with Crippen molar-refractivity contribution in [3.63, 3.8) is 0 Å². The molecule has 2 atom stereocenters. The minimum atomic E-state index is -0.608. The lowest BCUT2D eigenvalue weighted by Crippen LogP contribution is -3.00. The zero-order valence-corrected chi connectivity index (χ0v) is 25.1. The van der Waals surface area contributed by atoms with Gasteiger partial charge in [-0.05, 0) is 34.9 Å². The van der Waals surface area contributed by atoms with Gasteiger partial charge in [0.05, 0.1) is 13.1 Å². The first-order valence-electron chi connectivity index (χ1n) is 14.0. The molecule has 0 amide bonds. The second kappa shape index (κ2) is 12.2. The standard InChI is InChI=1S/C33H35N2O3S.BrH/c1-2-23-10-6-8-14-28(23)34-32(27-22-39-31-15-9-7-13-26(27)31)33(37)38-30-21-35(18-16-25(30)17-19-35)20-29(36)24-11-4-3-5-12-24;/h3-15,22,25,30,32,34H,2,16-21H2,1H3;1H/q+1;/p-1/t25?,30-,32?,35?;/m0./s1. The number of quaternary nitrogens is 1. The van der Waals surface area contributed by atoms with Crippen molar-refractivity contribution in [2.45, 2.75) is 38.3 Å². The van der Waals surface area contributed by atoms with Gasteiger partial charge in [0.2, 0.25) is 5.78 Å². The Morgan fingerprint density at radius 3 is 2.45 bits per heavy atom. The second-order valence-corrected chi connectivity index (χ2v) is 11.9. The van der Waals surface area contributed by atoms with Gasteiger partial charge in [-0.3, -0.25) is 4.79 Å². The molecule has 4 heterocycles. The van der Waals surface area contributed by atoms with Crippen molar-refractivity contribution >= 4 is 38.9 Å². The largest absolute Gasteiger partial charge is 1.00 e. The summed E-state index contributed by atoms with van der Waals surface area (Å²) in [5, 5.41) is 6.73. The topological polar surface area (TPSA) is 55.4 Å². The number of halogens is 1. The van der Waals surface area contributed by atoms with Gasteiger partial charge in [-0.2, -0.15) is 0 Å². The van der Waals surface area contributed by atoms with Crippen LogP contribution in [0.4, 0.5) is 5.69 Å². The summed E-state index contributed by atoms with van der Waals surface area (Å²) in [5.74, 6) is 0.279. The quantitative estimate of drug-likeness (QED) is 0.177.